The van der Waals surface area contributed by atoms with Gasteiger partial charge in [0.15, 0.2) is 0 Å². The van der Waals surface area contributed by atoms with Crippen molar-refractivity contribution in [3.8, 4) is 0 Å². The summed E-state index contributed by atoms with van der Waals surface area (Å²) in [6.45, 7) is 5.91. The van der Waals surface area contributed by atoms with Crippen LogP contribution in [-0.4, -0.2) is 12.6 Å². The van der Waals surface area contributed by atoms with Gasteiger partial charge in [0.1, 0.15) is 0 Å². The van der Waals surface area contributed by atoms with E-state index in [1.165, 1.54) is 44.6 Å². The van der Waals surface area contributed by atoms with Crippen molar-refractivity contribution in [1.82, 2.24) is 0 Å². The molecule has 0 aliphatic rings. The number of aryl methyl sites for hydroxylation is 1. The van der Waals surface area contributed by atoms with E-state index in [1.807, 2.05) is 0 Å². The smallest absolute Gasteiger partial charge is 0.302 e. The molecule has 0 bridgehead atoms. The number of hydrogen-bond donors (Lipinski definition) is 0. The number of unbranched alkanes of at least 4 members (excludes halogenated alkanes) is 3. The van der Waals surface area contributed by atoms with Crippen molar-refractivity contribution in [1.29, 1.82) is 0 Å². The fourth-order valence-electron chi connectivity index (χ4n) is 1.60. The standard InChI is InChI=1S/C12H18.C4H8O2/c1-2-3-4-6-9-12-10-7-5-8-11-12;1-3-6-4(2)5/h5,7-8,10-11H,2-4,6,9H2,1H3;3H2,1-2H3. The van der Waals surface area contributed by atoms with Crippen molar-refractivity contribution in [3.63, 3.8) is 0 Å². The quantitative estimate of drug-likeness (QED) is 0.553. The first-order valence-corrected chi connectivity index (χ1v) is 6.88. The van der Waals surface area contributed by atoms with Gasteiger partial charge in [-0.05, 0) is 25.3 Å². The zero-order valence-electron chi connectivity index (χ0n) is 11.9. The second-order valence-corrected chi connectivity index (χ2v) is 4.22. The summed E-state index contributed by atoms with van der Waals surface area (Å²) in [4.78, 5) is 9.82. The van der Waals surface area contributed by atoms with Gasteiger partial charge in [-0.2, -0.15) is 0 Å². The monoisotopic (exact) mass is 250 g/mol. The summed E-state index contributed by atoms with van der Waals surface area (Å²) in [7, 11) is 0. The second-order valence-electron chi connectivity index (χ2n) is 4.22. The van der Waals surface area contributed by atoms with Crippen LogP contribution in [0, 0.1) is 0 Å². The van der Waals surface area contributed by atoms with Gasteiger partial charge in [0, 0.05) is 6.92 Å². The van der Waals surface area contributed by atoms with Crippen LogP contribution in [0.25, 0.3) is 0 Å². The van der Waals surface area contributed by atoms with Crippen molar-refractivity contribution >= 4 is 5.97 Å². The Morgan fingerprint density at radius 3 is 2.17 bits per heavy atom. The van der Waals surface area contributed by atoms with E-state index in [2.05, 4.69) is 42.0 Å². The molecule has 18 heavy (non-hydrogen) atoms. The SMILES string of the molecule is CCCCCCc1ccccc1.CCOC(C)=O. The number of benzene rings is 1. The Kier molecular flexibility index (Phi) is 11.3. The Hall–Kier alpha value is -1.31. The normalized spacial score (nSPS) is 9.28. The van der Waals surface area contributed by atoms with Crippen LogP contribution in [0.3, 0.4) is 0 Å². The summed E-state index contributed by atoms with van der Waals surface area (Å²) >= 11 is 0. The van der Waals surface area contributed by atoms with Gasteiger partial charge in [-0.15, -0.1) is 0 Å². The number of carbonyl (C=O) groups excluding carboxylic acids is 1. The van der Waals surface area contributed by atoms with Crippen LogP contribution in [-0.2, 0) is 16.0 Å². The maximum absolute atomic E-state index is 9.82. The second kappa shape index (κ2) is 12.2. The average Bonchev–Trinajstić information content (AvgIpc) is 2.37. The molecule has 0 atom stereocenters. The van der Waals surface area contributed by atoms with Crippen LogP contribution in [0.5, 0.6) is 0 Å². The summed E-state index contributed by atoms with van der Waals surface area (Å²) in [5.74, 6) is -0.211. The predicted octanol–water partition coefficient (Wildman–Crippen LogP) is 4.38. The summed E-state index contributed by atoms with van der Waals surface area (Å²) < 4.78 is 4.40. The van der Waals surface area contributed by atoms with Crippen molar-refractivity contribution in [3.05, 3.63) is 35.9 Å². The van der Waals surface area contributed by atoms with Crippen molar-refractivity contribution < 1.29 is 9.53 Å². The molecular weight excluding hydrogens is 224 g/mol. The Bertz CT molecular complexity index is 293. The Labute approximate surface area is 111 Å². The van der Waals surface area contributed by atoms with Crippen LogP contribution in [0.4, 0.5) is 0 Å². The van der Waals surface area contributed by atoms with Gasteiger partial charge in [-0.3, -0.25) is 4.79 Å². The van der Waals surface area contributed by atoms with Crippen LogP contribution in [0.1, 0.15) is 52.0 Å². The average molecular weight is 250 g/mol. The molecule has 0 spiro atoms. The van der Waals surface area contributed by atoms with E-state index in [1.54, 1.807) is 6.92 Å². The maximum Gasteiger partial charge on any atom is 0.302 e. The van der Waals surface area contributed by atoms with Crippen LogP contribution >= 0.6 is 0 Å². The lowest BCUT2D eigenvalue weighted by Crippen LogP contribution is -1.95. The van der Waals surface area contributed by atoms with Crippen LogP contribution < -0.4 is 0 Å². The number of hydrogen-bond acceptors (Lipinski definition) is 2. The molecule has 1 aromatic rings. The molecular formula is C16H26O2. The molecule has 0 aliphatic carbocycles. The van der Waals surface area contributed by atoms with Gasteiger partial charge < -0.3 is 4.74 Å². The highest BCUT2D eigenvalue weighted by atomic mass is 16.5. The third-order valence-electron chi connectivity index (χ3n) is 2.51. The summed E-state index contributed by atoms with van der Waals surface area (Å²) in [5, 5.41) is 0. The molecule has 2 heteroatoms. The molecule has 0 saturated heterocycles. The lowest BCUT2D eigenvalue weighted by atomic mass is 10.1. The molecule has 0 fully saturated rings. The van der Waals surface area contributed by atoms with E-state index in [0.717, 1.165) is 0 Å². The number of esters is 1. The topological polar surface area (TPSA) is 26.3 Å². The first kappa shape index (κ1) is 16.7. The zero-order valence-corrected chi connectivity index (χ0v) is 11.9. The lowest BCUT2D eigenvalue weighted by Gasteiger charge is -1.99. The van der Waals surface area contributed by atoms with Crippen molar-refractivity contribution in [2.75, 3.05) is 6.61 Å². The molecule has 0 aromatic heterocycles. The maximum atomic E-state index is 9.82. The van der Waals surface area contributed by atoms with Gasteiger partial charge in [0.05, 0.1) is 6.61 Å². The lowest BCUT2D eigenvalue weighted by molar-refractivity contribution is -0.140. The van der Waals surface area contributed by atoms with E-state index in [9.17, 15) is 4.79 Å². The summed E-state index contributed by atoms with van der Waals surface area (Å²) in [5.41, 5.74) is 1.48. The van der Waals surface area contributed by atoms with Gasteiger partial charge in [0.25, 0.3) is 0 Å². The highest BCUT2D eigenvalue weighted by Gasteiger charge is 1.90. The largest absolute Gasteiger partial charge is 0.466 e. The van der Waals surface area contributed by atoms with Gasteiger partial charge in [-0.1, -0.05) is 56.5 Å². The minimum Gasteiger partial charge on any atom is -0.466 e. The minimum atomic E-state index is -0.211. The summed E-state index contributed by atoms with van der Waals surface area (Å²) in [6.07, 6.45) is 6.69. The van der Waals surface area contributed by atoms with E-state index >= 15 is 0 Å². The van der Waals surface area contributed by atoms with Crippen LogP contribution in [0.2, 0.25) is 0 Å². The minimum absolute atomic E-state index is 0.211. The Balaban J connectivity index is 0.000000411. The van der Waals surface area contributed by atoms with Crippen LogP contribution in [0.15, 0.2) is 30.3 Å². The number of rotatable bonds is 6. The van der Waals surface area contributed by atoms with E-state index in [0.29, 0.717) is 6.61 Å². The molecule has 0 N–H and O–H groups in total. The fraction of sp³-hybridized carbons (Fsp3) is 0.562. The molecule has 1 rings (SSSR count). The van der Waals surface area contributed by atoms with E-state index in [-0.39, 0.29) is 5.97 Å². The molecule has 0 unspecified atom stereocenters. The predicted molar refractivity (Wildman–Crippen MR) is 76.6 cm³/mol. The van der Waals surface area contributed by atoms with Crippen molar-refractivity contribution in [2.45, 2.75) is 52.9 Å². The molecule has 0 heterocycles. The van der Waals surface area contributed by atoms with Gasteiger partial charge in [-0.25, -0.2) is 0 Å². The van der Waals surface area contributed by atoms with E-state index in [4.69, 9.17) is 0 Å². The van der Waals surface area contributed by atoms with Gasteiger partial charge in [0.2, 0.25) is 0 Å². The fourth-order valence-corrected chi connectivity index (χ4v) is 1.60. The Morgan fingerprint density at radius 1 is 1.06 bits per heavy atom. The highest BCUT2D eigenvalue weighted by molar-refractivity contribution is 5.65. The molecule has 2 nitrogen and oxygen atoms in total. The third-order valence-corrected chi connectivity index (χ3v) is 2.51. The molecule has 0 aliphatic heterocycles. The Morgan fingerprint density at radius 2 is 1.72 bits per heavy atom. The first-order chi connectivity index (χ1) is 8.70. The van der Waals surface area contributed by atoms with E-state index < -0.39 is 0 Å². The van der Waals surface area contributed by atoms with Gasteiger partial charge >= 0.3 is 5.97 Å². The zero-order chi connectivity index (χ0) is 13.6. The molecule has 0 saturated carbocycles. The molecule has 102 valence electrons. The molecule has 0 radical (unpaired) electrons. The number of carbonyl (C=O) groups is 1. The third kappa shape index (κ3) is 11.2. The first-order valence-electron chi connectivity index (χ1n) is 6.88. The van der Waals surface area contributed by atoms with Crippen molar-refractivity contribution in [2.24, 2.45) is 0 Å². The number of ether oxygens (including phenoxy) is 1. The highest BCUT2D eigenvalue weighted by Crippen LogP contribution is 2.06. The summed E-state index contributed by atoms with van der Waals surface area (Å²) in [6, 6.07) is 10.7. The molecule has 1 aromatic carbocycles. The molecule has 0 amide bonds.